The first kappa shape index (κ1) is 10.9. The minimum atomic E-state index is -4.17. The molecule has 0 unspecified atom stereocenters. The van der Waals surface area contributed by atoms with Crippen LogP contribution in [-0.4, -0.2) is 13.0 Å². The number of benzene rings is 2. The highest BCUT2D eigenvalue weighted by Gasteiger charge is 2.11. The Labute approximate surface area is 93.4 Å². The number of hydrogen-bond acceptors (Lipinski definition) is 3. The van der Waals surface area contributed by atoms with Gasteiger partial charge in [-0.25, -0.2) is 0 Å². The van der Waals surface area contributed by atoms with E-state index in [0.717, 1.165) is 10.9 Å². The maximum Gasteiger partial charge on any atom is 0.294 e. The molecule has 84 valence electrons. The first-order valence-corrected chi connectivity index (χ1v) is 6.09. The Morgan fingerprint density at radius 3 is 2.50 bits per heavy atom. The summed E-state index contributed by atoms with van der Waals surface area (Å²) in [6.07, 6.45) is 0. The van der Waals surface area contributed by atoms with Crippen LogP contribution in [0.4, 0.5) is 5.69 Å². The molecule has 2 aromatic carbocycles. The van der Waals surface area contributed by atoms with Gasteiger partial charge in [0.1, 0.15) is 0 Å². The average Bonchev–Trinajstić information content (AvgIpc) is 2.15. The molecule has 0 atom stereocenters. The van der Waals surface area contributed by atoms with E-state index in [4.69, 9.17) is 10.3 Å². The monoisotopic (exact) mass is 237 g/mol. The summed E-state index contributed by atoms with van der Waals surface area (Å²) in [4.78, 5) is -0.108. The van der Waals surface area contributed by atoms with Crippen LogP contribution >= 0.6 is 0 Å². The van der Waals surface area contributed by atoms with Crippen LogP contribution in [-0.2, 0) is 10.1 Å². The molecule has 0 fully saturated rings. The number of hydrogen-bond donors (Lipinski definition) is 2. The Morgan fingerprint density at radius 2 is 1.88 bits per heavy atom. The number of fused-ring (bicyclic) bond motifs is 1. The van der Waals surface area contributed by atoms with Crippen LogP contribution in [0.5, 0.6) is 0 Å². The van der Waals surface area contributed by atoms with Crippen molar-refractivity contribution in [2.24, 2.45) is 0 Å². The minimum Gasteiger partial charge on any atom is -0.399 e. The lowest BCUT2D eigenvalue weighted by Crippen LogP contribution is -1.99. The Morgan fingerprint density at radius 1 is 1.19 bits per heavy atom. The van der Waals surface area contributed by atoms with Gasteiger partial charge in [0.05, 0.1) is 4.90 Å². The maximum atomic E-state index is 11.0. The predicted octanol–water partition coefficient (Wildman–Crippen LogP) is 1.98. The van der Waals surface area contributed by atoms with Gasteiger partial charge in [-0.15, -0.1) is 0 Å². The molecule has 0 spiro atoms. The van der Waals surface area contributed by atoms with Crippen LogP contribution < -0.4 is 5.73 Å². The van der Waals surface area contributed by atoms with Crippen LogP contribution in [0.25, 0.3) is 10.8 Å². The van der Waals surface area contributed by atoms with Gasteiger partial charge in [0, 0.05) is 5.69 Å². The normalized spacial score (nSPS) is 11.9. The van der Waals surface area contributed by atoms with Gasteiger partial charge in [-0.1, -0.05) is 6.07 Å². The third-order valence-corrected chi connectivity index (χ3v) is 3.29. The summed E-state index contributed by atoms with van der Waals surface area (Å²) in [5, 5.41) is 1.62. The second-order valence-corrected chi connectivity index (χ2v) is 5.12. The summed E-state index contributed by atoms with van der Waals surface area (Å²) in [6, 6.07) is 8.11. The molecule has 0 bridgehead atoms. The largest absolute Gasteiger partial charge is 0.399 e. The molecule has 0 aliphatic heterocycles. The summed E-state index contributed by atoms with van der Waals surface area (Å²) in [6.45, 7) is 1.78. The van der Waals surface area contributed by atoms with Crippen molar-refractivity contribution in [1.82, 2.24) is 0 Å². The third kappa shape index (κ3) is 1.87. The summed E-state index contributed by atoms with van der Waals surface area (Å²) in [5.41, 5.74) is 6.96. The Balaban J connectivity index is 2.85. The van der Waals surface area contributed by atoms with Gasteiger partial charge in [0.25, 0.3) is 10.1 Å². The molecule has 0 heterocycles. The standard InChI is InChI=1S/C11H11NO3S/c1-7-4-10(16(13,14)15)6-8-5-9(12)2-3-11(7)8/h2-6H,12H2,1H3,(H,13,14,15). The zero-order valence-electron chi connectivity index (χ0n) is 8.64. The van der Waals surface area contributed by atoms with Crippen molar-refractivity contribution in [3.05, 3.63) is 35.9 Å². The van der Waals surface area contributed by atoms with Gasteiger partial charge < -0.3 is 5.73 Å². The van der Waals surface area contributed by atoms with E-state index in [1.165, 1.54) is 12.1 Å². The molecular formula is C11H11NO3S. The third-order valence-electron chi connectivity index (χ3n) is 2.45. The zero-order valence-corrected chi connectivity index (χ0v) is 9.45. The average molecular weight is 237 g/mol. The number of nitrogens with two attached hydrogens (primary N) is 1. The molecule has 0 aliphatic carbocycles. The van der Waals surface area contributed by atoms with Crippen LogP contribution in [0.1, 0.15) is 5.56 Å². The maximum absolute atomic E-state index is 11.0. The Bertz CT molecular complexity index is 662. The number of rotatable bonds is 1. The van der Waals surface area contributed by atoms with Crippen molar-refractivity contribution in [3.8, 4) is 0 Å². The Hall–Kier alpha value is -1.59. The molecular weight excluding hydrogens is 226 g/mol. The van der Waals surface area contributed by atoms with E-state index in [0.29, 0.717) is 11.1 Å². The molecule has 0 radical (unpaired) electrons. The molecule has 16 heavy (non-hydrogen) atoms. The van der Waals surface area contributed by atoms with Gasteiger partial charge in [0.2, 0.25) is 0 Å². The van der Waals surface area contributed by atoms with Gasteiger partial charge in [-0.2, -0.15) is 8.42 Å². The van der Waals surface area contributed by atoms with E-state index in [1.54, 1.807) is 19.1 Å². The first-order chi connectivity index (χ1) is 7.38. The van der Waals surface area contributed by atoms with Crippen molar-refractivity contribution in [2.45, 2.75) is 11.8 Å². The molecule has 0 aliphatic rings. The van der Waals surface area contributed by atoms with E-state index >= 15 is 0 Å². The Kier molecular flexibility index (Phi) is 2.36. The fourth-order valence-corrected chi connectivity index (χ4v) is 2.30. The lowest BCUT2D eigenvalue weighted by Gasteiger charge is -2.06. The van der Waals surface area contributed by atoms with Crippen molar-refractivity contribution in [2.75, 3.05) is 5.73 Å². The topological polar surface area (TPSA) is 80.4 Å². The predicted molar refractivity (Wildman–Crippen MR) is 62.9 cm³/mol. The summed E-state index contributed by atoms with van der Waals surface area (Å²) in [7, 11) is -4.17. The molecule has 4 nitrogen and oxygen atoms in total. The van der Waals surface area contributed by atoms with Gasteiger partial charge in [-0.05, 0) is 47.5 Å². The fraction of sp³-hybridized carbons (Fsp3) is 0.0909. The van der Waals surface area contributed by atoms with Crippen LogP contribution in [0.3, 0.4) is 0 Å². The zero-order chi connectivity index (χ0) is 11.9. The van der Waals surface area contributed by atoms with Gasteiger partial charge in [-0.3, -0.25) is 4.55 Å². The minimum absolute atomic E-state index is 0.108. The van der Waals surface area contributed by atoms with Crippen molar-refractivity contribution in [3.63, 3.8) is 0 Å². The van der Waals surface area contributed by atoms with Crippen LogP contribution in [0.15, 0.2) is 35.2 Å². The lowest BCUT2D eigenvalue weighted by molar-refractivity contribution is 0.483. The smallest absolute Gasteiger partial charge is 0.294 e. The molecule has 3 N–H and O–H groups in total. The van der Waals surface area contributed by atoms with E-state index < -0.39 is 10.1 Å². The SMILES string of the molecule is Cc1cc(S(=O)(=O)O)cc2cc(N)ccc12. The van der Waals surface area contributed by atoms with Crippen LogP contribution in [0.2, 0.25) is 0 Å². The first-order valence-electron chi connectivity index (χ1n) is 4.65. The highest BCUT2D eigenvalue weighted by atomic mass is 32.2. The second-order valence-electron chi connectivity index (χ2n) is 3.70. The highest BCUT2D eigenvalue weighted by Crippen LogP contribution is 2.24. The van der Waals surface area contributed by atoms with Crippen LogP contribution in [0, 0.1) is 6.92 Å². The van der Waals surface area contributed by atoms with E-state index in [-0.39, 0.29) is 4.90 Å². The molecule has 5 heteroatoms. The number of aryl methyl sites for hydroxylation is 1. The van der Waals surface area contributed by atoms with E-state index in [2.05, 4.69) is 0 Å². The highest BCUT2D eigenvalue weighted by molar-refractivity contribution is 7.85. The second kappa shape index (κ2) is 3.47. The van der Waals surface area contributed by atoms with Crippen molar-refractivity contribution >= 4 is 26.6 Å². The molecule has 0 aromatic heterocycles. The number of nitrogen functional groups attached to an aromatic ring is 1. The molecule has 0 saturated heterocycles. The summed E-state index contributed by atoms with van der Waals surface area (Å²) < 4.78 is 31.1. The molecule has 0 saturated carbocycles. The van der Waals surface area contributed by atoms with E-state index in [9.17, 15) is 8.42 Å². The molecule has 0 amide bonds. The van der Waals surface area contributed by atoms with Crippen molar-refractivity contribution in [1.29, 1.82) is 0 Å². The number of anilines is 1. The molecule has 2 rings (SSSR count). The van der Waals surface area contributed by atoms with E-state index in [1.807, 2.05) is 6.07 Å². The van der Waals surface area contributed by atoms with Crippen molar-refractivity contribution < 1.29 is 13.0 Å². The van der Waals surface area contributed by atoms with Gasteiger partial charge >= 0.3 is 0 Å². The fourth-order valence-electron chi connectivity index (χ4n) is 1.69. The molecule has 2 aromatic rings. The lowest BCUT2D eigenvalue weighted by atomic mass is 10.1. The quantitative estimate of drug-likeness (QED) is 0.587. The van der Waals surface area contributed by atoms with Gasteiger partial charge in [0.15, 0.2) is 0 Å². The summed E-state index contributed by atoms with van der Waals surface area (Å²) >= 11 is 0. The summed E-state index contributed by atoms with van der Waals surface area (Å²) in [5.74, 6) is 0.